The molecule has 4 aromatic carbocycles. The highest BCUT2D eigenvalue weighted by Gasteiger charge is 2.47. The van der Waals surface area contributed by atoms with Gasteiger partial charge in [0.25, 0.3) is 0 Å². The molecule has 0 nitrogen and oxygen atoms in total. The van der Waals surface area contributed by atoms with E-state index in [0.29, 0.717) is 11.1 Å². The third-order valence-electron chi connectivity index (χ3n) is 11.4. The lowest BCUT2D eigenvalue weighted by Gasteiger charge is -2.39. The smallest absolute Gasteiger partial charge is 0.0679 e. The Morgan fingerprint density at radius 1 is 0.488 bits per heavy atom. The predicted molar refractivity (Wildman–Crippen MR) is 187 cm³/mol. The molecule has 216 valence electrons. The second-order valence-electron chi connectivity index (χ2n) is 14.4. The largest absolute Gasteiger partial charge is 0.0722 e. The zero-order chi connectivity index (χ0) is 29.3. The van der Waals surface area contributed by atoms with Crippen LogP contribution in [0, 0.1) is 0 Å². The number of fused-ring (bicyclic) bond motifs is 4. The van der Waals surface area contributed by atoms with Crippen molar-refractivity contribution in [1.29, 1.82) is 0 Å². The maximum atomic E-state index is 2.68. The molecule has 0 fully saturated rings. The first-order chi connectivity index (χ1) is 20.9. The second-order valence-corrected chi connectivity index (χ2v) is 19.2. The second kappa shape index (κ2) is 10.3. The van der Waals surface area contributed by atoms with E-state index < -0.39 is 8.07 Å². The maximum absolute atomic E-state index is 2.68. The van der Waals surface area contributed by atoms with Crippen molar-refractivity contribution in [3.63, 3.8) is 0 Å². The summed E-state index contributed by atoms with van der Waals surface area (Å²) in [6.45, 7) is 10.2. The fourth-order valence-corrected chi connectivity index (χ4v) is 14.7. The number of benzene rings is 4. The van der Waals surface area contributed by atoms with E-state index in [2.05, 4.69) is 112 Å². The van der Waals surface area contributed by atoms with Gasteiger partial charge in [-0.15, -0.1) is 0 Å². The van der Waals surface area contributed by atoms with Gasteiger partial charge < -0.3 is 0 Å². The summed E-state index contributed by atoms with van der Waals surface area (Å²) in [6, 6.07) is 28.5. The van der Waals surface area contributed by atoms with Gasteiger partial charge in [-0.25, -0.2) is 0 Å². The van der Waals surface area contributed by atoms with Gasteiger partial charge in [0.15, 0.2) is 0 Å². The van der Waals surface area contributed by atoms with Crippen LogP contribution in [0.1, 0.15) is 95.1 Å². The van der Waals surface area contributed by atoms with Crippen LogP contribution in [0.4, 0.5) is 0 Å². The average Bonchev–Trinajstić information content (AvgIpc) is 3.56. The molecule has 1 heteroatoms. The number of aryl methyl sites for hydroxylation is 2. The van der Waals surface area contributed by atoms with Crippen LogP contribution >= 0.6 is 0 Å². The zero-order valence-corrected chi connectivity index (χ0v) is 27.4. The molecule has 0 spiro atoms. The molecule has 0 N–H and O–H groups in total. The highest BCUT2D eigenvalue weighted by atomic mass is 28.3. The van der Waals surface area contributed by atoms with Gasteiger partial charge in [0, 0.05) is 11.1 Å². The first-order valence-corrected chi connectivity index (χ1v) is 19.9. The number of allylic oxidation sites excluding steroid dienone is 2. The first kappa shape index (κ1) is 27.1. The normalized spacial score (nSPS) is 20.6. The molecule has 0 saturated carbocycles. The molecule has 0 aliphatic heterocycles. The summed E-state index contributed by atoms with van der Waals surface area (Å²) in [7, 11) is -1.91. The number of hydrogen-bond donors (Lipinski definition) is 0. The van der Waals surface area contributed by atoms with Gasteiger partial charge in [-0.1, -0.05) is 109 Å². The third-order valence-corrected chi connectivity index (χ3v) is 15.9. The minimum absolute atomic E-state index is 0.523. The Bertz CT molecular complexity index is 1700. The Hall–Kier alpha value is -3.42. The van der Waals surface area contributed by atoms with E-state index >= 15 is 0 Å². The van der Waals surface area contributed by atoms with E-state index in [0.717, 1.165) is 0 Å². The van der Waals surface area contributed by atoms with Crippen LogP contribution in [0.25, 0.3) is 34.4 Å². The Morgan fingerprint density at radius 3 is 1.35 bits per heavy atom. The molecule has 2 unspecified atom stereocenters. The van der Waals surface area contributed by atoms with Gasteiger partial charge in [0.05, 0.1) is 8.07 Å². The van der Waals surface area contributed by atoms with Crippen LogP contribution in [-0.2, 0) is 25.7 Å². The highest BCUT2D eigenvalue weighted by Crippen LogP contribution is 2.54. The van der Waals surface area contributed by atoms with Crippen molar-refractivity contribution in [3.05, 3.63) is 128 Å². The molecule has 4 aliphatic rings. The van der Waals surface area contributed by atoms with Crippen molar-refractivity contribution in [2.24, 2.45) is 0 Å². The van der Waals surface area contributed by atoms with Gasteiger partial charge in [-0.3, -0.25) is 0 Å². The summed E-state index contributed by atoms with van der Waals surface area (Å²) in [5.41, 5.74) is 22.6. The molecule has 2 atom stereocenters. The molecular formula is C42H44Si. The summed E-state index contributed by atoms with van der Waals surface area (Å²) in [5.74, 6) is 0. The van der Waals surface area contributed by atoms with Gasteiger partial charge >= 0.3 is 0 Å². The molecule has 4 aliphatic carbocycles. The van der Waals surface area contributed by atoms with E-state index in [1.54, 1.807) is 44.5 Å². The maximum Gasteiger partial charge on any atom is 0.0722 e. The fourth-order valence-electron chi connectivity index (χ4n) is 9.78. The minimum Gasteiger partial charge on any atom is -0.0679 e. The van der Waals surface area contributed by atoms with Crippen molar-refractivity contribution in [1.82, 2.24) is 0 Å². The van der Waals surface area contributed by atoms with Crippen molar-refractivity contribution < 1.29 is 0 Å². The summed E-state index contributed by atoms with van der Waals surface area (Å²) in [4.78, 5) is 0. The Labute approximate surface area is 259 Å². The van der Waals surface area contributed by atoms with Crippen LogP contribution in [0.3, 0.4) is 0 Å². The SMILES string of the molecule is CC1=Cc2c(-c3cccc4c3CCCC4)cccc2C1[Si](C)(C)C1C(C)=Cc2c(-c3cccc4c3CCCC4)cccc21. The monoisotopic (exact) mass is 576 g/mol. The lowest BCUT2D eigenvalue weighted by atomic mass is 9.84. The molecule has 8 rings (SSSR count). The van der Waals surface area contributed by atoms with Crippen LogP contribution in [-0.4, -0.2) is 8.07 Å². The fraction of sp³-hybridized carbons (Fsp3) is 0.333. The highest BCUT2D eigenvalue weighted by molar-refractivity contribution is 6.81. The van der Waals surface area contributed by atoms with Crippen molar-refractivity contribution in [2.75, 3.05) is 0 Å². The topological polar surface area (TPSA) is 0 Å². The molecule has 0 aromatic heterocycles. The summed E-state index contributed by atoms with van der Waals surface area (Å²) in [6.07, 6.45) is 15.3. The minimum atomic E-state index is -1.91. The molecule has 4 aromatic rings. The summed E-state index contributed by atoms with van der Waals surface area (Å²) >= 11 is 0. The Balaban J connectivity index is 1.22. The molecular weight excluding hydrogens is 533 g/mol. The van der Waals surface area contributed by atoms with E-state index in [1.165, 1.54) is 84.7 Å². The predicted octanol–water partition coefficient (Wildman–Crippen LogP) is 11.3. The summed E-state index contributed by atoms with van der Waals surface area (Å²) in [5, 5.41) is 0. The molecule has 0 radical (unpaired) electrons. The van der Waals surface area contributed by atoms with Crippen LogP contribution in [0.5, 0.6) is 0 Å². The average molecular weight is 577 g/mol. The van der Waals surface area contributed by atoms with E-state index in [4.69, 9.17) is 0 Å². The van der Waals surface area contributed by atoms with Crippen molar-refractivity contribution in [3.8, 4) is 22.3 Å². The molecule has 43 heavy (non-hydrogen) atoms. The quantitative estimate of drug-likeness (QED) is 0.212. The van der Waals surface area contributed by atoms with Crippen LogP contribution in [0.2, 0.25) is 13.1 Å². The zero-order valence-electron chi connectivity index (χ0n) is 26.4. The molecule has 0 saturated heterocycles. The number of rotatable bonds is 4. The van der Waals surface area contributed by atoms with Gasteiger partial charge in [0.1, 0.15) is 0 Å². The summed E-state index contributed by atoms with van der Waals surface area (Å²) < 4.78 is 0. The molecule has 0 amide bonds. The molecule has 0 bridgehead atoms. The van der Waals surface area contributed by atoms with Crippen LogP contribution < -0.4 is 0 Å². The first-order valence-electron chi connectivity index (χ1n) is 16.8. The number of hydrogen-bond acceptors (Lipinski definition) is 0. The van der Waals surface area contributed by atoms with E-state index in [1.807, 2.05) is 0 Å². The lowest BCUT2D eigenvalue weighted by molar-refractivity contribution is 0.687. The Morgan fingerprint density at radius 2 is 0.884 bits per heavy atom. The van der Waals surface area contributed by atoms with E-state index in [9.17, 15) is 0 Å². The Kier molecular flexibility index (Phi) is 6.53. The third kappa shape index (κ3) is 4.22. The van der Waals surface area contributed by atoms with Gasteiger partial charge in [0.2, 0.25) is 0 Å². The van der Waals surface area contributed by atoms with Crippen molar-refractivity contribution >= 4 is 20.2 Å². The standard InChI is InChI=1S/C42H44Si/c1-27-25-39-35(33-19-9-15-29-13-5-7-17-31(29)33)21-11-23-37(39)41(27)43(3,4)42-28(2)26-40-36(22-12-24-38(40)42)34-20-10-16-30-14-6-8-18-32(30)34/h9-12,15-16,19-26,41-42H,5-8,13-14,17-18H2,1-4H3. The van der Waals surface area contributed by atoms with Crippen LogP contribution in [0.15, 0.2) is 83.9 Å². The molecule has 0 heterocycles. The lowest BCUT2D eigenvalue weighted by Crippen LogP contribution is -2.42. The van der Waals surface area contributed by atoms with Gasteiger partial charge in [-0.05, 0) is 132 Å². The van der Waals surface area contributed by atoms with Crippen molar-refractivity contribution in [2.45, 2.75) is 89.4 Å². The van der Waals surface area contributed by atoms with Gasteiger partial charge in [-0.2, -0.15) is 0 Å². The van der Waals surface area contributed by atoms with E-state index in [-0.39, 0.29) is 0 Å².